The molecule has 29 heavy (non-hydrogen) atoms. The van der Waals surface area contributed by atoms with E-state index in [2.05, 4.69) is 4.98 Å². The standard InChI is InChI=1S/C20H25NO7S/c1-5-27-19(23)18(20(24)28-6-2)13(4)11-29(25,26)14-7-8-16-15(10-14)12(3)9-17(22)21-16/h7-10,13,18H,5-6,11H2,1-4H3,(H,21,22)/t13-/m0/s1. The summed E-state index contributed by atoms with van der Waals surface area (Å²) in [5.41, 5.74) is 0.897. The van der Waals surface area contributed by atoms with Crippen molar-refractivity contribution < 1.29 is 27.5 Å². The van der Waals surface area contributed by atoms with Crippen LogP contribution in [0.15, 0.2) is 34.0 Å². The van der Waals surface area contributed by atoms with Crippen molar-refractivity contribution in [3.8, 4) is 0 Å². The molecule has 0 spiro atoms. The van der Waals surface area contributed by atoms with Gasteiger partial charge in [0.2, 0.25) is 5.56 Å². The highest BCUT2D eigenvalue weighted by Gasteiger charge is 2.37. The largest absolute Gasteiger partial charge is 0.465 e. The Morgan fingerprint density at radius 2 is 1.66 bits per heavy atom. The number of ether oxygens (including phenoxy) is 2. The van der Waals surface area contributed by atoms with E-state index in [4.69, 9.17) is 9.47 Å². The molecule has 0 amide bonds. The molecule has 2 aromatic rings. The van der Waals surface area contributed by atoms with Crippen LogP contribution in [-0.2, 0) is 28.9 Å². The molecular formula is C20H25NO7S. The van der Waals surface area contributed by atoms with Gasteiger partial charge in [0.15, 0.2) is 15.8 Å². The Balaban J connectivity index is 2.37. The molecule has 0 radical (unpaired) electrons. The number of nitrogens with one attached hydrogen (secondary N) is 1. The zero-order valence-corrected chi connectivity index (χ0v) is 17.7. The van der Waals surface area contributed by atoms with Gasteiger partial charge in [0.05, 0.1) is 23.9 Å². The molecule has 0 aliphatic rings. The quantitative estimate of drug-likeness (QED) is 0.509. The molecule has 9 heteroatoms. The van der Waals surface area contributed by atoms with E-state index in [1.54, 1.807) is 20.8 Å². The number of rotatable bonds is 8. The van der Waals surface area contributed by atoms with Gasteiger partial charge < -0.3 is 14.5 Å². The summed E-state index contributed by atoms with van der Waals surface area (Å²) in [4.78, 5) is 38.7. The first kappa shape index (κ1) is 22.6. The summed E-state index contributed by atoms with van der Waals surface area (Å²) in [6, 6.07) is 5.78. The molecule has 0 saturated heterocycles. The maximum atomic E-state index is 13.0. The second-order valence-electron chi connectivity index (χ2n) is 6.76. The lowest BCUT2D eigenvalue weighted by molar-refractivity contribution is -0.163. The van der Waals surface area contributed by atoms with Crippen molar-refractivity contribution in [2.75, 3.05) is 19.0 Å². The number of carbonyl (C=O) groups is 2. The fraction of sp³-hybridized carbons (Fsp3) is 0.450. The van der Waals surface area contributed by atoms with Gasteiger partial charge >= 0.3 is 11.9 Å². The Bertz CT molecular complexity index is 1050. The van der Waals surface area contributed by atoms with Crippen LogP contribution >= 0.6 is 0 Å². The normalized spacial score (nSPS) is 12.7. The van der Waals surface area contributed by atoms with Crippen molar-refractivity contribution >= 4 is 32.7 Å². The van der Waals surface area contributed by atoms with E-state index < -0.39 is 39.4 Å². The molecule has 0 aliphatic carbocycles. The van der Waals surface area contributed by atoms with E-state index in [0.717, 1.165) is 0 Å². The molecule has 0 saturated carbocycles. The Morgan fingerprint density at radius 3 is 2.21 bits per heavy atom. The molecule has 0 bridgehead atoms. The summed E-state index contributed by atoms with van der Waals surface area (Å²) in [6.45, 7) is 6.55. The predicted molar refractivity (Wildman–Crippen MR) is 107 cm³/mol. The number of aromatic amines is 1. The highest BCUT2D eigenvalue weighted by Crippen LogP contribution is 2.25. The minimum absolute atomic E-state index is 0.0402. The van der Waals surface area contributed by atoms with Crippen LogP contribution in [-0.4, -0.2) is 44.3 Å². The number of aromatic nitrogens is 1. The molecule has 158 valence electrons. The Hall–Kier alpha value is -2.68. The molecule has 1 atom stereocenters. The van der Waals surface area contributed by atoms with Gasteiger partial charge in [-0.25, -0.2) is 8.42 Å². The highest BCUT2D eigenvalue weighted by atomic mass is 32.2. The number of hydrogen-bond donors (Lipinski definition) is 1. The molecule has 0 unspecified atom stereocenters. The van der Waals surface area contributed by atoms with Gasteiger partial charge in [0.1, 0.15) is 0 Å². The Kier molecular flexibility index (Phi) is 7.18. The van der Waals surface area contributed by atoms with Gasteiger partial charge in [-0.3, -0.25) is 14.4 Å². The fourth-order valence-electron chi connectivity index (χ4n) is 3.16. The molecule has 1 heterocycles. The van der Waals surface area contributed by atoms with Crippen molar-refractivity contribution in [2.45, 2.75) is 32.6 Å². The first-order valence-corrected chi connectivity index (χ1v) is 11.0. The first-order valence-electron chi connectivity index (χ1n) is 9.30. The van der Waals surface area contributed by atoms with E-state index >= 15 is 0 Å². The van der Waals surface area contributed by atoms with Crippen LogP contribution in [0.4, 0.5) is 0 Å². The summed E-state index contributed by atoms with van der Waals surface area (Å²) in [6.07, 6.45) is 0. The molecule has 1 N–H and O–H groups in total. The van der Waals surface area contributed by atoms with Gasteiger partial charge in [-0.15, -0.1) is 0 Å². The summed E-state index contributed by atoms with van der Waals surface area (Å²) >= 11 is 0. The van der Waals surface area contributed by atoms with E-state index in [-0.39, 0.29) is 23.7 Å². The molecular weight excluding hydrogens is 398 g/mol. The molecule has 8 nitrogen and oxygen atoms in total. The van der Waals surface area contributed by atoms with Crippen LogP contribution in [0, 0.1) is 18.8 Å². The number of aryl methyl sites for hydroxylation is 1. The molecule has 0 fully saturated rings. The number of hydrogen-bond acceptors (Lipinski definition) is 7. The number of H-pyrrole nitrogens is 1. The van der Waals surface area contributed by atoms with Crippen molar-refractivity contribution in [2.24, 2.45) is 11.8 Å². The molecule has 1 aromatic carbocycles. The van der Waals surface area contributed by atoms with Gasteiger partial charge in [-0.2, -0.15) is 0 Å². The maximum absolute atomic E-state index is 13.0. The van der Waals surface area contributed by atoms with Crippen LogP contribution in [0.1, 0.15) is 26.3 Å². The second kappa shape index (κ2) is 9.21. The number of fused-ring (bicyclic) bond motifs is 1. The topological polar surface area (TPSA) is 120 Å². The van der Waals surface area contributed by atoms with E-state index in [0.29, 0.717) is 16.5 Å². The third kappa shape index (κ3) is 5.23. The summed E-state index contributed by atoms with van der Waals surface area (Å²) in [5, 5.41) is 0.602. The summed E-state index contributed by atoms with van der Waals surface area (Å²) < 4.78 is 35.8. The second-order valence-corrected chi connectivity index (χ2v) is 8.80. The lowest BCUT2D eigenvalue weighted by Crippen LogP contribution is -2.36. The summed E-state index contributed by atoms with van der Waals surface area (Å²) in [5.74, 6) is -4.24. The minimum atomic E-state index is -3.83. The van der Waals surface area contributed by atoms with Crippen LogP contribution < -0.4 is 5.56 Å². The lowest BCUT2D eigenvalue weighted by atomic mass is 9.96. The van der Waals surface area contributed by atoms with Crippen LogP contribution in [0.2, 0.25) is 0 Å². The minimum Gasteiger partial charge on any atom is -0.465 e. The van der Waals surface area contributed by atoms with E-state index in [1.165, 1.54) is 31.2 Å². The van der Waals surface area contributed by atoms with Crippen LogP contribution in [0.3, 0.4) is 0 Å². The van der Waals surface area contributed by atoms with Gasteiger partial charge in [0.25, 0.3) is 0 Å². The predicted octanol–water partition coefficient (Wildman–Crippen LogP) is 1.99. The number of sulfone groups is 1. The zero-order valence-electron chi connectivity index (χ0n) is 16.9. The summed E-state index contributed by atoms with van der Waals surface area (Å²) in [7, 11) is -3.83. The van der Waals surface area contributed by atoms with E-state index in [9.17, 15) is 22.8 Å². The van der Waals surface area contributed by atoms with Crippen LogP contribution in [0.5, 0.6) is 0 Å². The average molecular weight is 423 g/mol. The van der Waals surface area contributed by atoms with Gasteiger partial charge in [-0.1, -0.05) is 6.92 Å². The van der Waals surface area contributed by atoms with Crippen LogP contribution in [0.25, 0.3) is 10.9 Å². The number of benzene rings is 1. The number of carbonyl (C=O) groups excluding carboxylic acids is 2. The van der Waals surface area contributed by atoms with Gasteiger partial charge in [0, 0.05) is 17.0 Å². The third-order valence-electron chi connectivity index (χ3n) is 4.51. The Labute approximate surface area is 169 Å². The maximum Gasteiger partial charge on any atom is 0.320 e. The average Bonchev–Trinajstić information content (AvgIpc) is 2.61. The highest BCUT2D eigenvalue weighted by molar-refractivity contribution is 7.91. The van der Waals surface area contributed by atoms with Crippen molar-refractivity contribution in [3.05, 3.63) is 40.2 Å². The SMILES string of the molecule is CCOC(=O)C(C(=O)OCC)[C@@H](C)CS(=O)(=O)c1ccc2[nH]c(=O)cc(C)c2c1. The molecule has 2 rings (SSSR count). The first-order chi connectivity index (χ1) is 13.6. The van der Waals surface area contributed by atoms with Crippen molar-refractivity contribution in [1.29, 1.82) is 0 Å². The fourth-order valence-corrected chi connectivity index (χ4v) is 4.81. The zero-order chi connectivity index (χ0) is 21.8. The molecule has 1 aromatic heterocycles. The monoisotopic (exact) mass is 423 g/mol. The molecule has 0 aliphatic heterocycles. The van der Waals surface area contributed by atoms with Crippen molar-refractivity contribution in [1.82, 2.24) is 4.98 Å². The van der Waals surface area contributed by atoms with E-state index in [1.807, 2.05) is 0 Å². The smallest absolute Gasteiger partial charge is 0.320 e. The lowest BCUT2D eigenvalue weighted by Gasteiger charge is -2.21. The number of esters is 2. The third-order valence-corrected chi connectivity index (χ3v) is 6.45. The van der Waals surface area contributed by atoms with Crippen molar-refractivity contribution in [3.63, 3.8) is 0 Å². The number of pyridine rings is 1. The Morgan fingerprint density at radius 1 is 1.07 bits per heavy atom. The van der Waals surface area contributed by atoms with Gasteiger partial charge in [-0.05, 0) is 50.5 Å².